The molecule has 0 aromatic carbocycles. The van der Waals surface area contributed by atoms with Gasteiger partial charge in [-0.25, -0.2) is 0 Å². The highest BCUT2D eigenvalue weighted by atomic mass is 32.2. The Balaban J connectivity index is 3.39. The lowest BCUT2D eigenvalue weighted by atomic mass is 10.4. The average molecular weight is 200 g/mol. The molecule has 1 rings (SSSR count). The lowest BCUT2D eigenvalue weighted by molar-refractivity contribution is 0.422. The Morgan fingerprint density at radius 1 is 1.62 bits per heavy atom. The summed E-state index contributed by atoms with van der Waals surface area (Å²) in [6, 6.07) is 1.18. The van der Waals surface area contributed by atoms with Crippen LogP contribution in [0.3, 0.4) is 0 Å². The van der Waals surface area contributed by atoms with E-state index < -0.39 is 0 Å². The van der Waals surface area contributed by atoms with E-state index >= 15 is 0 Å². The molecule has 0 saturated carbocycles. The van der Waals surface area contributed by atoms with Crippen molar-refractivity contribution in [3.8, 4) is 5.88 Å². The standard InChI is InChI=1S/C8H12N2O2S/c1-5(2)10-7(12)4-6(11)9-8(10)13-3/h4-5,11H,1-3H3. The normalized spacial score (nSPS) is 10.8. The first-order chi connectivity index (χ1) is 6.06. The first kappa shape index (κ1) is 10.1. The zero-order chi connectivity index (χ0) is 10.0. The molecule has 0 spiro atoms. The van der Waals surface area contributed by atoms with Crippen molar-refractivity contribution in [2.75, 3.05) is 6.26 Å². The van der Waals surface area contributed by atoms with Gasteiger partial charge in [-0.1, -0.05) is 11.8 Å². The van der Waals surface area contributed by atoms with E-state index in [2.05, 4.69) is 4.98 Å². The van der Waals surface area contributed by atoms with E-state index in [1.807, 2.05) is 20.1 Å². The molecular weight excluding hydrogens is 188 g/mol. The van der Waals surface area contributed by atoms with Gasteiger partial charge in [-0.2, -0.15) is 4.98 Å². The monoisotopic (exact) mass is 200 g/mol. The second-order valence-electron chi connectivity index (χ2n) is 2.90. The van der Waals surface area contributed by atoms with Crippen molar-refractivity contribution in [3.63, 3.8) is 0 Å². The van der Waals surface area contributed by atoms with Gasteiger partial charge in [-0.3, -0.25) is 9.36 Å². The molecule has 0 saturated heterocycles. The Morgan fingerprint density at radius 3 is 2.69 bits per heavy atom. The van der Waals surface area contributed by atoms with Crippen LogP contribution in [0, 0.1) is 0 Å². The van der Waals surface area contributed by atoms with E-state index in [1.165, 1.54) is 11.8 Å². The van der Waals surface area contributed by atoms with E-state index in [0.717, 1.165) is 6.07 Å². The van der Waals surface area contributed by atoms with E-state index in [1.54, 1.807) is 4.57 Å². The molecule has 1 aromatic heterocycles. The average Bonchev–Trinajstić information content (AvgIpc) is 2.01. The molecule has 5 heteroatoms. The summed E-state index contributed by atoms with van der Waals surface area (Å²) in [7, 11) is 0. The minimum atomic E-state index is -0.216. The molecule has 1 N–H and O–H groups in total. The fourth-order valence-electron chi connectivity index (χ4n) is 1.08. The Labute approximate surface area is 80.6 Å². The van der Waals surface area contributed by atoms with Crippen LogP contribution in [0.2, 0.25) is 0 Å². The number of hydrogen-bond donors (Lipinski definition) is 1. The minimum Gasteiger partial charge on any atom is -0.493 e. The molecular formula is C8H12N2O2S. The van der Waals surface area contributed by atoms with Gasteiger partial charge in [0, 0.05) is 6.04 Å². The Hall–Kier alpha value is -0.970. The van der Waals surface area contributed by atoms with Gasteiger partial charge in [0.1, 0.15) is 0 Å². The molecule has 0 radical (unpaired) electrons. The Bertz CT molecular complexity index is 360. The van der Waals surface area contributed by atoms with Gasteiger partial charge < -0.3 is 5.11 Å². The van der Waals surface area contributed by atoms with Crippen LogP contribution in [0.5, 0.6) is 5.88 Å². The maximum absolute atomic E-state index is 11.4. The summed E-state index contributed by atoms with van der Waals surface area (Å²) in [5, 5.41) is 9.64. The molecule has 0 amide bonds. The first-order valence-corrected chi connectivity index (χ1v) is 5.15. The number of thioether (sulfide) groups is 1. The zero-order valence-electron chi connectivity index (χ0n) is 7.81. The molecule has 1 heterocycles. The van der Waals surface area contributed by atoms with E-state index in [-0.39, 0.29) is 17.5 Å². The molecule has 4 nitrogen and oxygen atoms in total. The number of nitrogens with zero attached hydrogens (tertiary/aromatic N) is 2. The molecule has 0 aliphatic heterocycles. The summed E-state index contributed by atoms with van der Waals surface area (Å²) < 4.78 is 1.55. The van der Waals surface area contributed by atoms with Crippen LogP contribution in [0.1, 0.15) is 19.9 Å². The van der Waals surface area contributed by atoms with Crippen LogP contribution >= 0.6 is 11.8 Å². The van der Waals surface area contributed by atoms with Crippen LogP contribution in [-0.2, 0) is 0 Å². The molecule has 0 fully saturated rings. The quantitative estimate of drug-likeness (QED) is 0.576. The minimum absolute atomic E-state index is 0.0584. The van der Waals surface area contributed by atoms with Crippen molar-refractivity contribution in [2.45, 2.75) is 25.0 Å². The predicted octanol–water partition coefficient (Wildman–Crippen LogP) is 1.25. The van der Waals surface area contributed by atoms with Crippen molar-refractivity contribution in [1.29, 1.82) is 0 Å². The molecule has 1 aromatic rings. The highest BCUT2D eigenvalue weighted by Crippen LogP contribution is 2.16. The lowest BCUT2D eigenvalue weighted by Gasteiger charge is -2.12. The van der Waals surface area contributed by atoms with Gasteiger partial charge in [0.05, 0.1) is 6.07 Å². The molecule has 72 valence electrons. The largest absolute Gasteiger partial charge is 0.493 e. The second-order valence-corrected chi connectivity index (χ2v) is 3.68. The van der Waals surface area contributed by atoms with Crippen LogP contribution in [0.25, 0.3) is 0 Å². The molecule has 0 bridgehead atoms. The Morgan fingerprint density at radius 2 is 2.23 bits per heavy atom. The third-order valence-electron chi connectivity index (χ3n) is 1.61. The van der Waals surface area contributed by atoms with Crippen molar-refractivity contribution >= 4 is 11.8 Å². The number of aromatic nitrogens is 2. The van der Waals surface area contributed by atoms with Crippen LogP contribution < -0.4 is 5.56 Å². The van der Waals surface area contributed by atoms with E-state index in [0.29, 0.717) is 5.16 Å². The zero-order valence-corrected chi connectivity index (χ0v) is 8.63. The van der Waals surface area contributed by atoms with Crippen molar-refractivity contribution < 1.29 is 5.11 Å². The van der Waals surface area contributed by atoms with Crippen LogP contribution in [0.4, 0.5) is 0 Å². The smallest absolute Gasteiger partial charge is 0.258 e. The maximum atomic E-state index is 11.4. The molecule has 0 unspecified atom stereocenters. The fourth-order valence-corrected chi connectivity index (χ4v) is 1.76. The number of rotatable bonds is 2. The highest BCUT2D eigenvalue weighted by molar-refractivity contribution is 7.98. The molecule has 13 heavy (non-hydrogen) atoms. The Kier molecular flexibility index (Phi) is 2.98. The van der Waals surface area contributed by atoms with Crippen molar-refractivity contribution in [1.82, 2.24) is 9.55 Å². The second kappa shape index (κ2) is 3.83. The predicted molar refractivity (Wildman–Crippen MR) is 52.3 cm³/mol. The van der Waals surface area contributed by atoms with Gasteiger partial charge in [0.15, 0.2) is 5.16 Å². The fraction of sp³-hybridized carbons (Fsp3) is 0.500. The van der Waals surface area contributed by atoms with Gasteiger partial charge >= 0.3 is 0 Å². The van der Waals surface area contributed by atoms with Gasteiger partial charge in [0.2, 0.25) is 5.88 Å². The molecule has 0 aliphatic rings. The van der Waals surface area contributed by atoms with Gasteiger partial charge in [0.25, 0.3) is 5.56 Å². The molecule has 0 atom stereocenters. The maximum Gasteiger partial charge on any atom is 0.258 e. The SMILES string of the molecule is CSc1nc(O)cc(=O)n1C(C)C. The third-order valence-corrected chi connectivity index (χ3v) is 2.26. The summed E-state index contributed by atoms with van der Waals surface area (Å²) in [6.07, 6.45) is 1.82. The number of aromatic hydroxyl groups is 1. The van der Waals surface area contributed by atoms with Crippen molar-refractivity contribution in [2.24, 2.45) is 0 Å². The first-order valence-electron chi connectivity index (χ1n) is 3.92. The van der Waals surface area contributed by atoms with E-state index in [4.69, 9.17) is 5.11 Å². The summed E-state index contributed by atoms with van der Waals surface area (Å²) in [5.41, 5.74) is -0.216. The van der Waals surface area contributed by atoms with E-state index in [9.17, 15) is 4.79 Å². The van der Waals surface area contributed by atoms with Crippen molar-refractivity contribution in [3.05, 3.63) is 16.4 Å². The molecule has 0 aliphatic carbocycles. The summed E-state index contributed by atoms with van der Waals surface area (Å²) in [6.45, 7) is 3.81. The van der Waals surface area contributed by atoms with Gasteiger partial charge in [-0.05, 0) is 20.1 Å². The summed E-state index contributed by atoms with van der Waals surface area (Å²) in [4.78, 5) is 15.3. The van der Waals surface area contributed by atoms with Gasteiger partial charge in [-0.15, -0.1) is 0 Å². The highest BCUT2D eigenvalue weighted by Gasteiger charge is 2.09. The summed E-state index contributed by atoms with van der Waals surface area (Å²) in [5.74, 6) is -0.216. The lowest BCUT2D eigenvalue weighted by Crippen LogP contribution is -2.23. The van der Waals surface area contributed by atoms with Crippen LogP contribution in [-0.4, -0.2) is 20.9 Å². The van der Waals surface area contributed by atoms with Crippen LogP contribution in [0.15, 0.2) is 16.0 Å². The topological polar surface area (TPSA) is 55.1 Å². The third kappa shape index (κ3) is 2.03. The number of hydrogen-bond acceptors (Lipinski definition) is 4. The summed E-state index contributed by atoms with van der Waals surface area (Å²) >= 11 is 1.34.